The molecule has 2 atom stereocenters. The zero-order valence-electron chi connectivity index (χ0n) is 19.0. The van der Waals surface area contributed by atoms with Crippen molar-refractivity contribution in [2.45, 2.75) is 31.5 Å². The lowest BCUT2D eigenvalue weighted by atomic mass is 9.95. The Labute approximate surface area is 203 Å². The van der Waals surface area contributed by atoms with E-state index in [1.54, 1.807) is 18.4 Å². The number of hydrogen-bond acceptors (Lipinski definition) is 5. The number of carboxylic acids is 1. The van der Waals surface area contributed by atoms with Crippen LogP contribution in [0.25, 0.3) is 10.1 Å². The van der Waals surface area contributed by atoms with Crippen LogP contribution in [0.4, 0.5) is 0 Å². The molecule has 1 fully saturated rings. The summed E-state index contributed by atoms with van der Waals surface area (Å²) in [5.41, 5.74) is 3.21. The van der Waals surface area contributed by atoms with E-state index >= 15 is 0 Å². The zero-order chi connectivity index (χ0) is 23.5. The minimum absolute atomic E-state index is 0.183. The third kappa shape index (κ3) is 4.39. The number of nitrogens with zero attached hydrogens (tertiary/aromatic N) is 1. The lowest BCUT2D eigenvalue weighted by Gasteiger charge is -2.32. The third-order valence-electron chi connectivity index (χ3n) is 6.46. The molecule has 1 saturated heterocycles. The average molecular weight is 474 g/mol. The van der Waals surface area contributed by atoms with Crippen molar-refractivity contribution < 1.29 is 19.4 Å². The Morgan fingerprint density at radius 3 is 2.68 bits per heavy atom. The van der Waals surface area contributed by atoms with E-state index in [0.717, 1.165) is 35.0 Å². The van der Waals surface area contributed by atoms with E-state index in [2.05, 4.69) is 22.4 Å². The van der Waals surface area contributed by atoms with Gasteiger partial charge in [-0.1, -0.05) is 54.6 Å². The first-order valence-electron chi connectivity index (χ1n) is 11.4. The van der Waals surface area contributed by atoms with Crippen LogP contribution in [-0.4, -0.2) is 35.7 Å². The standard InChI is InChI=1S/C28H27NO4S/c1-32-25-16-20(13-14-24(25)33-17-19-8-3-2-4-9-19)27(29-15-7-11-23(29)28(30)31)22-18-34-26-12-6-5-10-21(22)26/h2-6,8-10,12-14,16,18,23,27H,7,11,15,17H2,1H3,(H,30,31). The molecule has 174 valence electrons. The van der Waals surface area contributed by atoms with Gasteiger partial charge in [-0.25, -0.2) is 0 Å². The molecule has 2 heterocycles. The molecule has 0 radical (unpaired) electrons. The first kappa shape index (κ1) is 22.4. The van der Waals surface area contributed by atoms with Crippen molar-refractivity contribution in [3.05, 3.63) is 94.9 Å². The van der Waals surface area contributed by atoms with Gasteiger partial charge in [-0.15, -0.1) is 11.3 Å². The quantitative estimate of drug-likeness (QED) is 0.334. The summed E-state index contributed by atoms with van der Waals surface area (Å²) in [4.78, 5) is 14.2. The number of rotatable bonds is 8. The smallest absolute Gasteiger partial charge is 0.320 e. The van der Waals surface area contributed by atoms with Gasteiger partial charge in [-0.05, 0) is 58.5 Å². The van der Waals surface area contributed by atoms with E-state index in [4.69, 9.17) is 9.47 Å². The summed E-state index contributed by atoms with van der Waals surface area (Å²) in [5.74, 6) is 0.543. The minimum atomic E-state index is -0.767. The SMILES string of the molecule is COc1cc(C(c2csc3ccccc23)N2CCCC2C(=O)O)ccc1OCc1ccccc1. The van der Waals surface area contributed by atoms with Gasteiger partial charge in [0.05, 0.1) is 13.2 Å². The molecular formula is C28H27NO4S. The number of thiophene rings is 1. The topological polar surface area (TPSA) is 59.0 Å². The molecule has 1 aromatic heterocycles. The molecule has 0 spiro atoms. The summed E-state index contributed by atoms with van der Waals surface area (Å²) in [7, 11) is 1.64. The lowest BCUT2D eigenvalue weighted by Crippen LogP contribution is -2.39. The minimum Gasteiger partial charge on any atom is -0.493 e. The summed E-state index contributed by atoms with van der Waals surface area (Å²) in [6.45, 7) is 1.18. The van der Waals surface area contributed by atoms with Crippen molar-refractivity contribution in [2.75, 3.05) is 13.7 Å². The predicted octanol–water partition coefficient (Wildman–Crippen LogP) is 6.13. The van der Waals surface area contributed by atoms with Crippen molar-refractivity contribution in [1.29, 1.82) is 0 Å². The molecule has 0 saturated carbocycles. The molecule has 5 rings (SSSR count). The maximum atomic E-state index is 12.1. The number of benzene rings is 3. The van der Waals surface area contributed by atoms with Crippen LogP contribution in [0.15, 0.2) is 78.2 Å². The highest BCUT2D eigenvalue weighted by atomic mass is 32.1. The molecule has 4 aromatic rings. The first-order chi connectivity index (χ1) is 16.7. The molecule has 3 aromatic carbocycles. The second-order valence-corrected chi connectivity index (χ2v) is 9.42. The Hall–Kier alpha value is -3.35. The van der Waals surface area contributed by atoms with Crippen LogP contribution in [0.3, 0.4) is 0 Å². The van der Waals surface area contributed by atoms with Crippen LogP contribution in [0.5, 0.6) is 11.5 Å². The Morgan fingerprint density at radius 1 is 1.09 bits per heavy atom. The fourth-order valence-corrected chi connectivity index (χ4v) is 5.81. The van der Waals surface area contributed by atoms with Crippen LogP contribution < -0.4 is 9.47 Å². The van der Waals surface area contributed by atoms with Crippen molar-refractivity contribution in [3.63, 3.8) is 0 Å². The molecule has 0 aliphatic carbocycles. The van der Waals surface area contributed by atoms with Crippen LogP contribution in [0, 0.1) is 0 Å². The summed E-state index contributed by atoms with van der Waals surface area (Å²) in [5, 5.41) is 13.3. The lowest BCUT2D eigenvalue weighted by molar-refractivity contribution is -0.142. The third-order valence-corrected chi connectivity index (χ3v) is 7.44. The van der Waals surface area contributed by atoms with Gasteiger partial charge in [-0.3, -0.25) is 9.69 Å². The van der Waals surface area contributed by atoms with Gasteiger partial charge < -0.3 is 14.6 Å². The summed E-state index contributed by atoms with van der Waals surface area (Å²) >= 11 is 1.69. The number of methoxy groups -OCH3 is 1. The van der Waals surface area contributed by atoms with Gasteiger partial charge in [0.2, 0.25) is 0 Å². The van der Waals surface area contributed by atoms with E-state index in [0.29, 0.717) is 24.5 Å². The predicted molar refractivity (Wildman–Crippen MR) is 135 cm³/mol. The molecule has 5 nitrogen and oxygen atoms in total. The van der Waals surface area contributed by atoms with Crippen LogP contribution in [-0.2, 0) is 11.4 Å². The number of likely N-dealkylation sites (tertiary alicyclic amines) is 1. The van der Waals surface area contributed by atoms with Crippen molar-refractivity contribution in [1.82, 2.24) is 4.90 Å². The maximum absolute atomic E-state index is 12.1. The highest BCUT2D eigenvalue weighted by Gasteiger charge is 2.38. The zero-order valence-corrected chi connectivity index (χ0v) is 19.8. The molecule has 0 bridgehead atoms. The second-order valence-electron chi connectivity index (χ2n) is 8.51. The largest absolute Gasteiger partial charge is 0.493 e. The summed E-state index contributed by atoms with van der Waals surface area (Å²) in [6.07, 6.45) is 1.52. The maximum Gasteiger partial charge on any atom is 0.320 e. The van der Waals surface area contributed by atoms with Gasteiger partial charge >= 0.3 is 5.97 Å². The van der Waals surface area contributed by atoms with Crippen molar-refractivity contribution in [3.8, 4) is 11.5 Å². The Morgan fingerprint density at radius 2 is 1.88 bits per heavy atom. The molecule has 0 amide bonds. The van der Waals surface area contributed by atoms with Crippen molar-refractivity contribution in [2.24, 2.45) is 0 Å². The van der Waals surface area contributed by atoms with Crippen LogP contribution in [0.1, 0.15) is 35.6 Å². The molecular weight excluding hydrogens is 446 g/mol. The van der Waals surface area contributed by atoms with E-state index < -0.39 is 12.0 Å². The number of fused-ring (bicyclic) bond motifs is 1. The number of carbonyl (C=O) groups is 1. The highest BCUT2D eigenvalue weighted by Crippen LogP contribution is 2.42. The molecule has 2 unspecified atom stereocenters. The monoisotopic (exact) mass is 473 g/mol. The van der Waals surface area contributed by atoms with Gasteiger partial charge in [0, 0.05) is 11.2 Å². The van der Waals surface area contributed by atoms with E-state index in [-0.39, 0.29) is 6.04 Å². The fourth-order valence-electron chi connectivity index (χ4n) is 4.83. The average Bonchev–Trinajstić information content (AvgIpc) is 3.52. The van der Waals surface area contributed by atoms with Gasteiger partial charge in [0.1, 0.15) is 12.6 Å². The van der Waals surface area contributed by atoms with Gasteiger partial charge in [0.25, 0.3) is 0 Å². The van der Waals surface area contributed by atoms with Crippen LogP contribution >= 0.6 is 11.3 Å². The van der Waals surface area contributed by atoms with E-state index in [9.17, 15) is 9.90 Å². The van der Waals surface area contributed by atoms with E-state index in [1.165, 1.54) is 4.70 Å². The number of aliphatic carboxylic acids is 1. The molecule has 1 aliphatic heterocycles. The van der Waals surface area contributed by atoms with Gasteiger partial charge in [0.15, 0.2) is 11.5 Å². The highest BCUT2D eigenvalue weighted by molar-refractivity contribution is 7.17. The first-order valence-corrected chi connectivity index (χ1v) is 12.3. The summed E-state index contributed by atoms with van der Waals surface area (Å²) in [6, 6.07) is 23.6. The molecule has 34 heavy (non-hydrogen) atoms. The van der Waals surface area contributed by atoms with Crippen molar-refractivity contribution >= 4 is 27.4 Å². The number of ether oxygens (including phenoxy) is 2. The molecule has 1 aliphatic rings. The number of hydrogen-bond donors (Lipinski definition) is 1. The van der Waals surface area contributed by atoms with Gasteiger partial charge in [-0.2, -0.15) is 0 Å². The Balaban J connectivity index is 1.54. The normalized spacial score (nSPS) is 17.0. The molecule has 1 N–H and O–H groups in total. The fraction of sp³-hybridized carbons (Fsp3) is 0.250. The summed E-state index contributed by atoms with van der Waals surface area (Å²) < 4.78 is 13.0. The molecule has 6 heteroatoms. The number of carboxylic acid groups (broad SMARTS) is 1. The Bertz CT molecular complexity index is 1290. The van der Waals surface area contributed by atoms with E-state index in [1.807, 2.05) is 60.7 Å². The second kappa shape index (κ2) is 9.87. The Kier molecular flexibility index (Phi) is 6.52. The van der Waals surface area contributed by atoms with Crippen LogP contribution in [0.2, 0.25) is 0 Å².